The first-order valence-corrected chi connectivity index (χ1v) is 6.27. The Labute approximate surface area is 108 Å². The summed E-state index contributed by atoms with van der Waals surface area (Å²) in [5.41, 5.74) is 1.28. The summed E-state index contributed by atoms with van der Waals surface area (Å²) in [6.45, 7) is 2.53. The highest BCUT2D eigenvalue weighted by Gasteiger charge is 2.43. The monoisotopic (exact) mass is 298 g/mol. The quantitative estimate of drug-likeness (QED) is 0.781. The standard InChI is InChI=1S/C11H12BBrO4/c1-11(5-14)6-15-9-3-2-8(13)7-4-16-12(17-11)10(7)9/h2-3,14H,4-6H2,1H3. The summed E-state index contributed by atoms with van der Waals surface area (Å²) in [6.07, 6.45) is 0. The van der Waals surface area contributed by atoms with E-state index in [1.807, 2.05) is 19.1 Å². The first-order chi connectivity index (χ1) is 8.13. The molecule has 0 amide bonds. The first kappa shape index (κ1) is 11.5. The average molecular weight is 299 g/mol. The predicted octanol–water partition coefficient (Wildman–Crippen LogP) is 0.834. The maximum absolute atomic E-state index is 9.37. The van der Waals surface area contributed by atoms with Gasteiger partial charge in [0.15, 0.2) is 0 Å². The van der Waals surface area contributed by atoms with Gasteiger partial charge in [-0.2, -0.15) is 0 Å². The van der Waals surface area contributed by atoms with E-state index in [1.54, 1.807) is 0 Å². The van der Waals surface area contributed by atoms with Crippen LogP contribution in [0.15, 0.2) is 16.6 Å². The van der Waals surface area contributed by atoms with Crippen molar-refractivity contribution in [1.29, 1.82) is 0 Å². The van der Waals surface area contributed by atoms with Crippen LogP contribution in [0.2, 0.25) is 0 Å². The number of hydrogen-bond acceptors (Lipinski definition) is 4. The van der Waals surface area contributed by atoms with Gasteiger partial charge in [-0.05, 0) is 24.6 Å². The largest absolute Gasteiger partial charge is 0.498 e. The summed E-state index contributed by atoms with van der Waals surface area (Å²) in [6, 6.07) is 3.85. The van der Waals surface area contributed by atoms with Crippen molar-refractivity contribution in [1.82, 2.24) is 0 Å². The molecule has 0 fully saturated rings. The van der Waals surface area contributed by atoms with Gasteiger partial charge in [-0.3, -0.25) is 0 Å². The SMILES string of the molecule is CC1(CO)COc2ccc(Br)c3c2B(OC3)O1. The molecule has 0 radical (unpaired) electrons. The summed E-state index contributed by atoms with van der Waals surface area (Å²) < 4.78 is 18.1. The van der Waals surface area contributed by atoms with Crippen molar-refractivity contribution in [2.45, 2.75) is 19.1 Å². The normalized spacial score (nSPS) is 26.4. The Hall–Kier alpha value is -0.555. The molecule has 1 aromatic rings. The molecule has 0 spiro atoms. The number of rotatable bonds is 1. The van der Waals surface area contributed by atoms with Gasteiger partial charge in [0.2, 0.25) is 0 Å². The van der Waals surface area contributed by atoms with Crippen LogP contribution in [0.25, 0.3) is 0 Å². The van der Waals surface area contributed by atoms with E-state index in [1.165, 1.54) is 0 Å². The Morgan fingerprint density at radius 1 is 1.53 bits per heavy atom. The molecular weight excluding hydrogens is 287 g/mol. The van der Waals surface area contributed by atoms with Gasteiger partial charge in [-0.25, -0.2) is 0 Å². The lowest BCUT2D eigenvalue weighted by atomic mass is 9.77. The summed E-state index contributed by atoms with van der Waals surface area (Å²) in [5.74, 6) is 0.780. The molecule has 1 aromatic carbocycles. The molecule has 1 unspecified atom stereocenters. The minimum absolute atomic E-state index is 0.0998. The lowest BCUT2D eigenvalue weighted by Gasteiger charge is -2.26. The molecule has 3 rings (SSSR count). The predicted molar refractivity (Wildman–Crippen MR) is 66.4 cm³/mol. The van der Waals surface area contributed by atoms with Gasteiger partial charge in [-0.1, -0.05) is 15.9 Å². The van der Waals surface area contributed by atoms with E-state index in [0.29, 0.717) is 13.2 Å². The number of halogens is 1. The van der Waals surface area contributed by atoms with Crippen LogP contribution in [0.5, 0.6) is 5.75 Å². The van der Waals surface area contributed by atoms with E-state index < -0.39 is 12.7 Å². The zero-order valence-corrected chi connectivity index (χ0v) is 11.0. The van der Waals surface area contributed by atoms with Crippen molar-refractivity contribution < 1.29 is 19.2 Å². The van der Waals surface area contributed by atoms with Crippen molar-refractivity contribution in [2.75, 3.05) is 13.2 Å². The molecule has 2 heterocycles. The average Bonchev–Trinajstić information content (AvgIpc) is 2.67. The van der Waals surface area contributed by atoms with Crippen LogP contribution in [0, 0.1) is 0 Å². The van der Waals surface area contributed by atoms with Gasteiger partial charge in [0, 0.05) is 9.94 Å². The molecule has 6 heteroatoms. The molecule has 0 saturated carbocycles. The third kappa shape index (κ3) is 1.79. The van der Waals surface area contributed by atoms with Gasteiger partial charge >= 0.3 is 7.12 Å². The molecule has 0 aromatic heterocycles. The van der Waals surface area contributed by atoms with Gasteiger partial charge in [0.1, 0.15) is 18.0 Å². The Morgan fingerprint density at radius 3 is 3.12 bits per heavy atom. The van der Waals surface area contributed by atoms with Crippen LogP contribution in [0.1, 0.15) is 12.5 Å². The number of hydrogen-bond donors (Lipinski definition) is 1. The molecule has 90 valence electrons. The minimum Gasteiger partial charge on any atom is -0.491 e. The van der Waals surface area contributed by atoms with Crippen molar-refractivity contribution in [3.63, 3.8) is 0 Å². The molecule has 4 nitrogen and oxygen atoms in total. The second-order valence-corrected chi connectivity index (χ2v) is 5.45. The van der Waals surface area contributed by atoms with Crippen molar-refractivity contribution in [3.8, 4) is 5.75 Å². The second kappa shape index (κ2) is 3.98. The van der Waals surface area contributed by atoms with E-state index in [9.17, 15) is 5.11 Å². The Morgan fingerprint density at radius 2 is 2.35 bits per heavy atom. The molecule has 17 heavy (non-hydrogen) atoms. The van der Waals surface area contributed by atoms with Gasteiger partial charge < -0.3 is 19.2 Å². The maximum atomic E-state index is 9.37. The Balaban J connectivity index is 2.07. The van der Waals surface area contributed by atoms with Crippen LogP contribution in [0.4, 0.5) is 0 Å². The smallest absolute Gasteiger partial charge is 0.491 e. The van der Waals surface area contributed by atoms with Crippen molar-refractivity contribution >= 4 is 28.5 Å². The van der Waals surface area contributed by atoms with Crippen LogP contribution in [-0.2, 0) is 15.9 Å². The van der Waals surface area contributed by atoms with Crippen molar-refractivity contribution in [3.05, 3.63) is 22.2 Å². The number of benzene rings is 1. The van der Waals surface area contributed by atoms with E-state index in [4.69, 9.17) is 14.0 Å². The van der Waals surface area contributed by atoms with E-state index in [0.717, 1.165) is 21.2 Å². The molecule has 2 aliphatic heterocycles. The van der Waals surface area contributed by atoms with Gasteiger partial charge in [0.05, 0.1) is 13.2 Å². The lowest BCUT2D eigenvalue weighted by Crippen LogP contribution is -2.45. The molecule has 1 atom stereocenters. The zero-order chi connectivity index (χ0) is 12.0. The molecule has 2 aliphatic rings. The van der Waals surface area contributed by atoms with Crippen LogP contribution in [-0.4, -0.2) is 31.0 Å². The highest BCUT2D eigenvalue weighted by molar-refractivity contribution is 9.10. The molecule has 1 N–H and O–H groups in total. The molecule has 0 bridgehead atoms. The maximum Gasteiger partial charge on any atom is 0.498 e. The number of aliphatic hydroxyl groups excluding tert-OH is 1. The molecule has 0 saturated heterocycles. The van der Waals surface area contributed by atoms with E-state index >= 15 is 0 Å². The highest BCUT2D eigenvalue weighted by Crippen LogP contribution is 2.31. The number of aliphatic hydroxyl groups is 1. The van der Waals surface area contributed by atoms with Crippen LogP contribution in [0.3, 0.4) is 0 Å². The summed E-state index contributed by atoms with van der Waals surface area (Å²) in [7, 11) is -0.447. The van der Waals surface area contributed by atoms with Crippen LogP contribution < -0.4 is 10.2 Å². The van der Waals surface area contributed by atoms with Crippen LogP contribution >= 0.6 is 15.9 Å². The van der Waals surface area contributed by atoms with Gasteiger partial charge in [0.25, 0.3) is 0 Å². The van der Waals surface area contributed by atoms with Gasteiger partial charge in [-0.15, -0.1) is 0 Å². The lowest BCUT2D eigenvalue weighted by molar-refractivity contribution is -0.0230. The fourth-order valence-electron chi connectivity index (χ4n) is 2.09. The van der Waals surface area contributed by atoms with E-state index in [-0.39, 0.29) is 6.61 Å². The third-order valence-corrected chi connectivity index (χ3v) is 3.88. The summed E-state index contributed by atoms with van der Waals surface area (Å²) >= 11 is 3.49. The van der Waals surface area contributed by atoms with E-state index in [2.05, 4.69) is 15.9 Å². The molecule has 0 aliphatic carbocycles. The highest BCUT2D eigenvalue weighted by atomic mass is 79.9. The van der Waals surface area contributed by atoms with Crippen molar-refractivity contribution in [2.24, 2.45) is 0 Å². The zero-order valence-electron chi connectivity index (χ0n) is 9.40. The minimum atomic E-state index is -0.724. The fraction of sp³-hybridized carbons (Fsp3) is 0.455. The number of ether oxygens (including phenoxy) is 1. The second-order valence-electron chi connectivity index (χ2n) is 4.60. The first-order valence-electron chi connectivity index (χ1n) is 5.47. The summed E-state index contributed by atoms with van der Waals surface area (Å²) in [4.78, 5) is 0. The Kier molecular flexibility index (Phi) is 2.70. The summed E-state index contributed by atoms with van der Waals surface area (Å²) in [5, 5.41) is 9.37. The fourth-order valence-corrected chi connectivity index (χ4v) is 2.55. The third-order valence-electron chi connectivity index (χ3n) is 3.13. The Bertz CT molecular complexity index is 467. The topological polar surface area (TPSA) is 47.9 Å². The molecular formula is C11H12BBrO4.